The molecule has 2 aromatic rings. The van der Waals surface area contributed by atoms with Gasteiger partial charge in [-0.15, -0.1) is 0 Å². The third-order valence-corrected chi connectivity index (χ3v) is 3.91. The number of aryl methyl sites for hydroxylation is 1. The molecule has 5 nitrogen and oxygen atoms in total. The maximum Gasteiger partial charge on any atom is 0.309 e. The molecule has 0 radical (unpaired) electrons. The number of benzene rings is 1. The van der Waals surface area contributed by atoms with Gasteiger partial charge in [-0.2, -0.15) is 0 Å². The van der Waals surface area contributed by atoms with Crippen molar-refractivity contribution in [2.24, 2.45) is 5.41 Å². The number of carboxylic acids is 1. The van der Waals surface area contributed by atoms with Crippen molar-refractivity contribution < 1.29 is 14.7 Å². The second kappa shape index (κ2) is 6.64. The van der Waals surface area contributed by atoms with Crippen LogP contribution in [-0.2, 0) is 16.0 Å². The van der Waals surface area contributed by atoms with Gasteiger partial charge < -0.3 is 15.4 Å². The fourth-order valence-corrected chi connectivity index (χ4v) is 2.23. The van der Waals surface area contributed by atoms with E-state index in [0.29, 0.717) is 25.8 Å². The number of nitrogens with one attached hydrogen (secondary N) is 2. The lowest BCUT2D eigenvalue weighted by atomic mass is 9.90. The molecule has 0 saturated carbocycles. The van der Waals surface area contributed by atoms with Crippen LogP contribution in [0.25, 0.3) is 10.9 Å². The summed E-state index contributed by atoms with van der Waals surface area (Å²) in [6.07, 6.45) is 3.40. The van der Waals surface area contributed by atoms with E-state index in [-0.39, 0.29) is 5.91 Å². The summed E-state index contributed by atoms with van der Waals surface area (Å²) in [7, 11) is 0. The van der Waals surface area contributed by atoms with Gasteiger partial charge in [0.15, 0.2) is 0 Å². The summed E-state index contributed by atoms with van der Waals surface area (Å²) >= 11 is 0. The summed E-state index contributed by atoms with van der Waals surface area (Å²) in [5.74, 6) is -0.892. The van der Waals surface area contributed by atoms with E-state index in [1.807, 2.05) is 24.4 Å². The standard InChI is InChI=1S/C17H22N2O3/c1-17(2,16(21)22)8-10-19-15(20)6-4-12-3-5-14-13(11-12)7-9-18-14/h3,5,7,9,11,18H,4,6,8,10H2,1-2H3,(H,19,20)(H,21,22). The van der Waals surface area contributed by atoms with Crippen LogP contribution in [0.1, 0.15) is 32.3 Å². The molecular weight excluding hydrogens is 280 g/mol. The molecule has 0 aliphatic carbocycles. The van der Waals surface area contributed by atoms with Crippen LogP contribution in [-0.4, -0.2) is 28.5 Å². The number of hydrogen-bond acceptors (Lipinski definition) is 2. The second-order valence-electron chi connectivity index (χ2n) is 6.19. The van der Waals surface area contributed by atoms with Crippen LogP contribution in [0.15, 0.2) is 30.5 Å². The van der Waals surface area contributed by atoms with E-state index in [2.05, 4.69) is 16.4 Å². The first-order valence-corrected chi connectivity index (χ1v) is 7.44. The number of carboxylic acid groups (broad SMARTS) is 1. The number of amides is 1. The minimum absolute atomic E-state index is 0.0460. The zero-order chi connectivity index (χ0) is 16.2. The molecule has 1 heterocycles. The van der Waals surface area contributed by atoms with Crippen molar-refractivity contribution in [1.82, 2.24) is 10.3 Å². The molecule has 22 heavy (non-hydrogen) atoms. The fourth-order valence-electron chi connectivity index (χ4n) is 2.23. The molecule has 1 amide bonds. The first-order chi connectivity index (χ1) is 10.4. The predicted octanol–water partition coefficient (Wildman–Crippen LogP) is 2.72. The number of aromatic nitrogens is 1. The maximum absolute atomic E-state index is 11.8. The molecule has 0 aliphatic rings. The molecule has 0 spiro atoms. The summed E-state index contributed by atoms with van der Waals surface area (Å²) in [5.41, 5.74) is 1.39. The Labute approximate surface area is 129 Å². The van der Waals surface area contributed by atoms with Crippen LogP contribution in [0, 0.1) is 5.41 Å². The summed E-state index contributed by atoms with van der Waals surface area (Å²) in [5, 5.41) is 12.9. The molecule has 2 rings (SSSR count). The van der Waals surface area contributed by atoms with E-state index < -0.39 is 11.4 Å². The number of carbonyl (C=O) groups excluding carboxylic acids is 1. The number of aliphatic carboxylic acids is 1. The highest BCUT2D eigenvalue weighted by molar-refractivity contribution is 5.80. The van der Waals surface area contributed by atoms with E-state index in [1.165, 1.54) is 0 Å². The van der Waals surface area contributed by atoms with Gasteiger partial charge in [-0.25, -0.2) is 0 Å². The summed E-state index contributed by atoms with van der Waals surface area (Å²) < 4.78 is 0. The van der Waals surface area contributed by atoms with E-state index in [1.54, 1.807) is 13.8 Å². The number of rotatable bonds is 7. The van der Waals surface area contributed by atoms with E-state index >= 15 is 0 Å². The molecule has 0 bridgehead atoms. The average molecular weight is 302 g/mol. The largest absolute Gasteiger partial charge is 0.481 e. The molecular formula is C17H22N2O3. The summed E-state index contributed by atoms with van der Waals surface area (Å²) in [4.78, 5) is 25.9. The number of aromatic amines is 1. The molecule has 0 unspecified atom stereocenters. The first kappa shape index (κ1) is 16.1. The Kier molecular flexibility index (Phi) is 4.85. The SMILES string of the molecule is CC(C)(CCNC(=O)CCc1ccc2[nH]ccc2c1)C(=O)O. The van der Waals surface area contributed by atoms with Crippen molar-refractivity contribution >= 4 is 22.8 Å². The van der Waals surface area contributed by atoms with Crippen molar-refractivity contribution in [3.63, 3.8) is 0 Å². The third-order valence-electron chi connectivity index (χ3n) is 3.91. The van der Waals surface area contributed by atoms with Crippen molar-refractivity contribution in [3.05, 3.63) is 36.0 Å². The topological polar surface area (TPSA) is 82.2 Å². The Morgan fingerprint density at radius 3 is 2.77 bits per heavy atom. The Morgan fingerprint density at radius 1 is 1.27 bits per heavy atom. The van der Waals surface area contributed by atoms with Gasteiger partial charge in [-0.3, -0.25) is 9.59 Å². The van der Waals surface area contributed by atoms with E-state index in [4.69, 9.17) is 5.11 Å². The monoisotopic (exact) mass is 302 g/mol. The number of carbonyl (C=O) groups is 2. The number of H-pyrrole nitrogens is 1. The van der Waals surface area contributed by atoms with E-state index in [0.717, 1.165) is 16.5 Å². The van der Waals surface area contributed by atoms with Crippen LogP contribution in [0.4, 0.5) is 0 Å². The number of hydrogen-bond donors (Lipinski definition) is 3. The van der Waals surface area contributed by atoms with E-state index in [9.17, 15) is 9.59 Å². The Hall–Kier alpha value is -2.30. The van der Waals surface area contributed by atoms with Gasteiger partial charge in [-0.05, 0) is 55.8 Å². The molecule has 118 valence electrons. The van der Waals surface area contributed by atoms with Gasteiger partial charge in [0.05, 0.1) is 5.41 Å². The van der Waals surface area contributed by atoms with Crippen molar-refractivity contribution in [2.45, 2.75) is 33.1 Å². The molecule has 3 N–H and O–H groups in total. The quantitative estimate of drug-likeness (QED) is 0.735. The van der Waals surface area contributed by atoms with Crippen LogP contribution < -0.4 is 5.32 Å². The maximum atomic E-state index is 11.8. The molecule has 0 atom stereocenters. The molecule has 0 aliphatic heterocycles. The normalized spacial score (nSPS) is 11.5. The van der Waals surface area contributed by atoms with Gasteiger partial charge in [0.2, 0.25) is 5.91 Å². The highest BCUT2D eigenvalue weighted by atomic mass is 16.4. The zero-order valence-corrected chi connectivity index (χ0v) is 13.0. The minimum Gasteiger partial charge on any atom is -0.481 e. The fraction of sp³-hybridized carbons (Fsp3) is 0.412. The van der Waals surface area contributed by atoms with Gasteiger partial charge >= 0.3 is 5.97 Å². The third kappa shape index (κ3) is 4.10. The van der Waals surface area contributed by atoms with Gasteiger partial charge in [0.25, 0.3) is 0 Å². The highest BCUT2D eigenvalue weighted by Gasteiger charge is 2.26. The molecule has 5 heteroatoms. The second-order valence-corrected chi connectivity index (χ2v) is 6.19. The molecule has 1 aromatic carbocycles. The lowest BCUT2D eigenvalue weighted by Gasteiger charge is -2.18. The Balaban J connectivity index is 1.76. The Bertz CT molecular complexity index is 673. The first-order valence-electron chi connectivity index (χ1n) is 7.44. The minimum atomic E-state index is -0.846. The van der Waals surface area contributed by atoms with Gasteiger partial charge in [0, 0.05) is 24.7 Å². The molecule has 0 saturated heterocycles. The summed E-state index contributed by atoms with van der Waals surface area (Å²) in [6.45, 7) is 3.70. The number of fused-ring (bicyclic) bond motifs is 1. The van der Waals surface area contributed by atoms with Crippen LogP contribution in [0.5, 0.6) is 0 Å². The smallest absolute Gasteiger partial charge is 0.309 e. The average Bonchev–Trinajstić information content (AvgIpc) is 2.92. The van der Waals surface area contributed by atoms with Crippen molar-refractivity contribution in [1.29, 1.82) is 0 Å². The van der Waals surface area contributed by atoms with Gasteiger partial charge in [-0.1, -0.05) is 6.07 Å². The van der Waals surface area contributed by atoms with Crippen LogP contribution in [0.2, 0.25) is 0 Å². The van der Waals surface area contributed by atoms with Gasteiger partial charge in [0.1, 0.15) is 0 Å². The summed E-state index contributed by atoms with van der Waals surface area (Å²) in [6, 6.07) is 8.11. The van der Waals surface area contributed by atoms with Crippen molar-refractivity contribution in [3.8, 4) is 0 Å². The highest BCUT2D eigenvalue weighted by Crippen LogP contribution is 2.19. The van der Waals surface area contributed by atoms with Crippen LogP contribution in [0.3, 0.4) is 0 Å². The Morgan fingerprint density at radius 2 is 2.05 bits per heavy atom. The van der Waals surface area contributed by atoms with Crippen molar-refractivity contribution in [2.75, 3.05) is 6.54 Å². The molecule has 1 aromatic heterocycles. The molecule has 0 fully saturated rings. The predicted molar refractivity (Wildman–Crippen MR) is 85.7 cm³/mol. The van der Waals surface area contributed by atoms with Crippen LogP contribution >= 0.6 is 0 Å². The zero-order valence-electron chi connectivity index (χ0n) is 13.0. The lowest BCUT2D eigenvalue weighted by molar-refractivity contribution is -0.147. The lowest BCUT2D eigenvalue weighted by Crippen LogP contribution is -2.32.